The number of hydrogen-bond acceptors (Lipinski definition) is 5. The summed E-state index contributed by atoms with van der Waals surface area (Å²) in [5.74, 6) is -2.95. The number of alkyl halides is 3. The molecule has 2 N–H and O–H groups in total. The molecule has 1 heterocycles. The Morgan fingerprint density at radius 2 is 1.71 bits per heavy atom. The number of amides is 2. The molecule has 31 heavy (non-hydrogen) atoms. The quantitative estimate of drug-likeness (QED) is 0.436. The van der Waals surface area contributed by atoms with E-state index in [-0.39, 0.29) is 22.2 Å². The van der Waals surface area contributed by atoms with Gasteiger partial charge in [0, 0.05) is 12.7 Å². The van der Waals surface area contributed by atoms with Crippen LogP contribution in [0.15, 0.2) is 53.7 Å². The van der Waals surface area contributed by atoms with E-state index in [1.54, 1.807) is 12.1 Å². The maximum absolute atomic E-state index is 13.0. The monoisotopic (exact) mass is 453 g/mol. The van der Waals surface area contributed by atoms with Gasteiger partial charge in [0.25, 0.3) is 5.91 Å². The third-order valence-electron chi connectivity index (χ3n) is 3.97. The van der Waals surface area contributed by atoms with Gasteiger partial charge in [-0.05, 0) is 36.4 Å². The molecule has 12 heteroatoms. The van der Waals surface area contributed by atoms with Crippen molar-refractivity contribution in [2.24, 2.45) is 7.05 Å². The van der Waals surface area contributed by atoms with Crippen molar-refractivity contribution in [3.05, 3.63) is 65.7 Å². The summed E-state index contributed by atoms with van der Waals surface area (Å²) in [7, 11) is 1.15. The normalized spacial score (nSPS) is 11.3. The number of nitrogens with zero attached hydrogens (tertiary/aromatic N) is 3. The van der Waals surface area contributed by atoms with Gasteiger partial charge in [-0.25, -0.2) is 4.39 Å². The lowest BCUT2D eigenvalue weighted by Gasteiger charge is -2.11. The van der Waals surface area contributed by atoms with Gasteiger partial charge in [-0.2, -0.15) is 13.2 Å². The second kappa shape index (κ2) is 9.16. The van der Waals surface area contributed by atoms with Gasteiger partial charge in [0.05, 0.1) is 17.0 Å². The summed E-state index contributed by atoms with van der Waals surface area (Å²) in [6.45, 7) is 0. The van der Waals surface area contributed by atoms with Crippen LogP contribution in [-0.4, -0.2) is 32.3 Å². The molecule has 162 valence electrons. The number of anilines is 2. The molecule has 0 saturated carbocycles. The number of hydrogen-bond donors (Lipinski definition) is 2. The van der Waals surface area contributed by atoms with Crippen LogP contribution in [-0.2, 0) is 18.0 Å². The van der Waals surface area contributed by atoms with Crippen molar-refractivity contribution < 1.29 is 27.2 Å². The highest BCUT2D eigenvalue weighted by Crippen LogP contribution is 2.29. The first kappa shape index (κ1) is 22.3. The SMILES string of the molecule is Cn1c(SCC(=O)Nc2ccccc2C(=O)Nc2ccc(F)cc2)nnc1C(F)(F)F. The Morgan fingerprint density at radius 3 is 2.35 bits per heavy atom. The van der Waals surface area contributed by atoms with Crippen molar-refractivity contribution in [1.29, 1.82) is 0 Å². The third kappa shape index (κ3) is 5.60. The highest BCUT2D eigenvalue weighted by atomic mass is 32.2. The number of rotatable bonds is 6. The van der Waals surface area contributed by atoms with Crippen molar-refractivity contribution in [2.45, 2.75) is 11.3 Å². The smallest absolute Gasteiger partial charge is 0.325 e. The topological polar surface area (TPSA) is 88.9 Å². The molecule has 0 saturated heterocycles. The molecular formula is C19H15F4N5O2S. The second-order valence-corrected chi connectivity index (χ2v) is 7.15. The van der Waals surface area contributed by atoms with E-state index in [0.717, 1.165) is 23.4 Å². The Kier molecular flexibility index (Phi) is 6.59. The fraction of sp³-hybridized carbons (Fsp3) is 0.158. The van der Waals surface area contributed by atoms with Crippen LogP contribution < -0.4 is 10.6 Å². The highest BCUT2D eigenvalue weighted by molar-refractivity contribution is 7.99. The number of carbonyl (C=O) groups is 2. The van der Waals surface area contributed by atoms with Gasteiger partial charge in [-0.15, -0.1) is 10.2 Å². The zero-order valence-corrected chi connectivity index (χ0v) is 16.7. The first-order valence-corrected chi connectivity index (χ1v) is 9.69. The minimum Gasteiger partial charge on any atom is -0.325 e. The lowest BCUT2D eigenvalue weighted by Crippen LogP contribution is -2.19. The molecule has 0 aliphatic rings. The predicted octanol–water partition coefficient (Wildman–Crippen LogP) is 3.96. The summed E-state index contributed by atoms with van der Waals surface area (Å²) in [6, 6.07) is 11.4. The van der Waals surface area contributed by atoms with Gasteiger partial charge >= 0.3 is 6.18 Å². The van der Waals surface area contributed by atoms with Gasteiger partial charge in [0.1, 0.15) is 5.82 Å². The van der Waals surface area contributed by atoms with E-state index in [1.807, 2.05) is 0 Å². The number of carbonyl (C=O) groups excluding carboxylic acids is 2. The molecule has 3 aromatic rings. The number of thioether (sulfide) groups is 1. The molecule has 2 amide bonds. The van der Waals surface area contributed by atoms with E-state index in [2.05, 4.69) is 20.8 Å². The van der Waals surface area contributed by atoms with Crippen molar-refractivity contribution >= 4 is 35.0 Å². The average Bonchev–Trinajstić information content (AvgIpc) is 3.09. The first-order valence-electron chi connectivity index (χ1n) is 8.70. The lowest BCUT2D eigenvalue weighted by atomic mass is 10.1. The standard InChI is InChI=1S/C19H15F4N5O2S/c1-28-17(19(21,22)23)26-27-18(28)31-10-15(29)25-14-5-3-2-4-13(14)16(30)24-12-8-6-11(20)7-9-12/h2-9H,10H2,1H3,(H,24,30)(H,25,29). The molecule has 2 aromatic carbocycles. The van der Waals surface area contributed by atoms with E-state index in [4.69, 9.17) is 0 Å². The summed E-state index contributed by atoms with van der Waals surface area (Å²) < 4.78 is 52.1. The molecule has 0 atom stereocenters. The van der Waals surface area contributed by atoms with Gasteiger partial charge in [0.15, 0.2) is 5.16 Å². The Morgan fingerprint density at radius 1 is 1.03 bits per heavy atom. The molecule has 0 bridgehead atoms. The van der Waals surface area contributed by atoms with Crippen LogP contribution in [0.1, 0.15) is 16.2 Å². The van der Waals surface area contributed by atoms with Gasteiger partial charge < -0.3 is 15.2 Å². The van der Waals surface area contributed by atoms with E-state index in [9.17, 15) is 27.2 Å². The number of halogens is 4. The number of nitrogens with one attached hydrogen (secondary N) is 2. The summed E-state index contributed by atoms with van der Waals surface area (Å²) in [6.07, 6.45) is -4.65. The molecule has 3 rings (SSSR count). The largest absolute Gasteiger partial charge is 0.451 e. The predicted molar refractivity (Wildman–Crippen MR) is 106 cm³/mol. The van der Waals surface area contributed by atoms with E-state index < -0.39 is 29.6 Å². The third-order valence-corrected chi connectivity index (χ3v) is 4.99. The maximum atomic E-state index is 13.0. The van der Waals surface area contributed by atoms with Crippen LogP contribution in [0.3, 0.4) is 0 Å². The zero-order chi connectivity index (χ0) is 22.6. The van der Waals surface area contributed by atoms with Gasteiger partial charge in [-0.3, -0.25) is 9.59 Å². The van der Waals surface area contributed by atoms with Crippen LogP contribution in [0.5, 0.6) is 0 Å². The van der Waals surface area contributed by atoms with Crippen LogP contribution in [0.4, 0.5) is 28.9 Å². The van der Waals surface area contributed by atoms with Crippen molar-refractivity contribution in [3.8, 4) is 0 Å². The van der Waals surface area contributed by atoms with Crippen LogP contribution >= 0.6 is 11.8 Å². The van der Waals surface area contributed by atoms with Crippen molar-refractivity contribution in [1.82, 2.24) is 14.8 Å². The average molecular weight is 453 g/mol. The summed E-state index contributed by atoms with van der Waals surface area (Å²) in [4.78, 5) is 24.8. The Bertz CT molecular complexity index is 1100. The Labute approximate surface area is 177 Å². The molecule has 0 aliphatic heterocycles. The van der Waals surface area contributed by atoms with Crippen molar-refractivity contribution in [3.63, 3.8) is 0 Å². The zero-order valence-electron chi connectivity index (χ0n) is 15.9. The second-order valence-electron chi connectivity index (χ2n) is 6.21. The number of aromatic nitrogens is 3. The molecule has 1 aromatic heterocycles. The van der Waals surface area contributed by atoms with E-state index in [1.165, 1.54) is 36.4 Å². The molecule has 0 fully saturated rings. The number of benzene rings is 2. The lowest BCUT2D eigenvalue weighted by molar-refractivity contribution is -0.147. The Hall–Kier alpha value is -3.41. The molecular weight excluding hydrogens is 438 g/mol. The molecule has 0 aliphatic carbocycles. The van der Waals surface area contributed by atoms with Gasteiger partial charge in [-0.1, -0.05) is 23.9 Å². The maximum Gasteiger partial charge on any atom is 0.451 e. The van der Waals surface area contributed by atoms with Crippen LogP contribution in [0, 0.1) is 5.82 Å². The summed E-state index contributed by atoms with van der Waals surface area (Å²) in [5, 5.41) is 11.6. The molecule has 0 radical (unpaired) electrons. The van der Waals surface area contributed by atoms with Gasteiger partial charge in [0.2, 0.25) is 11.7 Å². The minimum absolute atomic E-state index is 0.0789. The summed E-state index contributed by atoms with van der Waals surface area (Å²) in [5.41, 5.74) is 0.732. The molecule has 0 unspecified atom stereocenters. The number of para-hydroxylation sites is 1. The molecule has 0 spiro atoms. The molecule has 7 nitrogen and oxygen atoms in total. The summed E-state index contributed by atoms with van der Waals surface area (Å²) >= 11 is 0.771. The fourth-order valence-corrected chi connectivity index (χ4v) is 3.24. The van der Waals surface area contributed by atoms with Crippen molar-refractivity contribution in [2.75, 3.05) is 16.4 Å². The van der Waals surface area contributed by atoms with E-state index in [0.29, 0.717) is 5.69 Å². The van der Waals surface area contributed by atoms with Crippen LogP contribution in [0.25, 0.3) is 0 Å². The van der Waals surface area contributed by atoms with E-state index >= 15 is 0 Å². The van der Waals surface area contributed by atoms with Crippen LogP contribution in [0.2, 0.25) is 0 Å². The Balaban J connectivity index is 1.65. The fourth-order valence-electron chi connectivity index (χ4n) is 2.53. The first-order chi connectivity index (χ1) is 14.6. The highest BCUT2D eigenvalue weighted by Gasteiger charge is 2.37. The minimum atomic E-state index is -4.65.